The Labute approximate surface area is 82.1 Å². The summed E-state index contributed by atoms with van der Waals surface area (Å²) in [5.41, 5.74) is 2.07. The summed E-state index contributed by atoms with van der Waals surface area (Å²) in [4.78, 5) is 3.92. The van der Waals surface area contributed by atoms with Crippen molar-refractivity contribution in [1.82, 2.24) is 4.98 Å². The molecule has 0 aliphatic carbocycles. The van der Waals surface area contributed by atoms with E-state index in [1.54, 1.807) is 12.4 Å². The van der Waals surface area contributed by atoms with Gasteiger partial charge in [0.2, 0.25) is 0 Å². The molecule has 0 saturated carbocycles. The maximum atomic E-state index is 5.62. The van der Waals surface area contributed by atoms with Gasteiger partial charge >= 0.3 is 0 Å². The Bertz CT molecular complexity index is 192. The molecule has 0 fully saturated rings. The predicted octanol–water partition coefficient (Wildman–Crippen LogP) is 2.98. The van der Waals surface area contributed by atoms with Gasteiger partial charge < -0.3 is 0 Å². The molecule has 0 unspecified atom stereocenters. The van der Waals surface area contributed by atoms with E-state index in [0.717, 1.165) is 11.1 Å². The smallest absolute Gasteiger partial charge is 0.0492 e. The predicted molar refractivity (Wildman–Crippen MR) is 50.6 cm³/mol. The Hall–Kier alpha value is 0.0200. The lowest BCUT2D eigenvalue weighted by atomic mass is 10.2. The molecule has 0 bridgehead atoms. The largest absolute Gasteiger partial charge is 0.264 e. The van der Waals surface area contributed by atoms with Crippen molar-refractivity contribution in [2.75, 3.05) is 0 Å². The summed E-state index contributed by atoms with van der Waals surface area (Å²) < 4.78 is 0. The van der Waals surface area contributed by atoms with E-state index < -0.39 is 0 Å². The van der Waals surface area contributed by atoms with Crippen molar-refractivity contribution >= 4 is 35.6 Å². The molecule has 0 saturated heterocycles. The van der Waals surface area contributed by atoms with Crippen LogP contribution in [-0.2, 0) is 11.8 Å². The Morgan fingerprint density at radius 1 is 1.18 bits per heavy atom. The van der Waals surface area contributed by atoms with Gasteiger partial charge in [-0.25, -0.2) is 0 Å². The van der Waals surface area contributed by atoms with Crippen LogP contribution in [0.4, 0.5) is 0 Å². The van der Waals surface area contributed by atoms with Crippen LogP contribution in [0.15, 0.2) is 18.5 Å². The fourth-order valence-electron chi connectivity index (χ4n) is 0.707. The van der Waals surface area contributed by atoms with Gasteiger partial charge in [-0.2, -0.15) is 0 Å². The molecule has 1 aromatic heterocycles. The summed E-state index contributed by atoms with van der Waals surface area (Å²) in [7, 11) is 0. The summed E-state index contributed by atoms with van der Waals surface area (Å²) in [6.45, 7) is 0. The maximum absolute atomic E-state index is 5.62. The molecule has 1 aromatic rings. The number of aromatic nitrogens is 1. The van der Waals surface area contributed by atoms with Crippen molar-refractivity contribution in [3.63, 3.8) is 0 Å². The molecule has 0 N–H and O–H groups in total. The van der Waals surface area contributed by atoms with Crippen LogP contribution in [0.2, 0.25) is 0 Å². The van der Waals surface area contributed by atoms with Gasteiger partial charge in [0.25, 0.3) is 0 Å². The molecule has 0 amide bonds. The SMILES string of the molecule is Cl.ClCc1ccncc1CCl. The van der Waals surface area contributed by atoms with Crippen LogP contribution >= 0.6 is 35.6 Å². The topological polar surface area (TPSA) is 12.9 Å². The van der Waals surface area contributed by atoms with E-state index in [9.17, 15) is 0 Å². The molecule has 1 nitrogen and oxygen atoms in total. The molecule has 0 aromatic carbocycles. The van der Waals surface area contributed by atoms with E-state index in [2.05, 4.69) is 4.98 Å². The molecule has 11 heavy (non-hydrogen) atoms. The standard InChI is InChI=1S/C7H7Cl2N.ClH/c8-3-6-1-2-10-5-7(6)4-9;/h1-2,5H,3-4H2;1H. The summed E-state index contributed by atoms with van der Waals surface area (Å²) in [5, 5.41) is 0. The van der Waals surface area contributed by atoms with Gasteiger partial charge in [0.05, 0.1) is 0 Å². The minimum Gasteiger partial charge on any atom is -0.264 e. The second kappa shape index (κ2) is 5.64. The lowest BCUT2D eigenvalue weighted by molar-refractivity contribution is 1.18. The number of alkyl halides is 2. The first-order valence-corrected chi connectivity index (χ1v) is 3.99. The number of nitrogens with zero attached hydrogens (tertiary/aromatic N) is 1. The third-order valence-electron chi connectivity index (χ3n) is 1.29. The zero-order valence-corrected chi connectivity index (χ0v) is 8.09. The van der Waals surface area contributed by atoms with Crippen LogP contribution in [0.3, 0.4) is 0 Å². The first-order valence-electron chi connectivity index (χ1n) is 2.92. The van der Waals surface area contributed by atoms with Crippen molar-refractivity contribution in [2.45, 2.75) is 11.8 Å². The number of pyridine rings is 1. The quantitative estimate of drug-likeness (QED) is 0.687. The Morgan fingerprint density at radius 3 is 2.27 bits per heavy atom. The van der Waals surface area contributed by atoms with Crippen molar-refractivity contribution in [3.05, 3.63) is 29.6 Å². The summed E-state index contributed by atoms with van der Waals surface area (Å²) in [6.07, 6.45) is 3.46. The number of halogens is 3. The van der Waals surface area contributed by atoms with Crippen LogP contribution < -0.4 is 0 Å². The molecule has 0 spiro atoms. The first-order chi connectivity index (χ1) is 4.88. The van der Waals surface area contributed by atoms with Gasteiger partial charge in [-0.05, 0) is 17.2 Å². The Balaban J connectivity index is 0.000001000. The zero-order chi connectivity index (χ0) is 7.40. The molecule has 4 heteroatoms. The van der Waals surface area contributed by atoms with Gasteiger partial charge in [-0.3, -0.25) is 4.98 Å². The molecule has 62 valence electrons. The highest BCUT2D eigenvalue weighted by Gasteiger charge is 1.97. The van der Waals surface area contributed by atoms with Crippen LogP contribution in [0.25, 0.3) is 0 Å². The van der Waals surface area contributed by atoms with E-state index in [0.29, 0.717) is 11.8 Å². The van der Waals surface area contributed by atoms with Crippen molar-refractivity contribution < 1.29 is 0 Å². The lowest BCUT2D eigenvalue weighted by Gasteiger charge is -1.99. The third-order valence-corrected chi connectivity index (χ3v) is 1.87. The zero-order valence-electron chi connectivity index (χ0n) is 5.76. The fourth-order valence-corrected chi connectivity index (χ4v) is 1.21. The summed E-state index contributed by atoms with van der Waals surface area (Å²) >= 11 is 11.2. The highest BCUT2D eigenvalue weighted by molar-refractivity contribution is 6.18. The molecule has 1 rings (SSSR count). The minimum atomic E-state index is 0. The minimum absolute atomic E-state index is 0. The van der Waals surface area contributed by atoms with Crippen LogP contribution in [0.5, 0.6) is 0 Å². The Kier molecular flexibility index (Phi) is 5.65. The van der Waals surface area contributed by atoms with Crippen molar-refractivity contribution in [1.29, 1.82) is 0 Å². The van der Waals surface area contributed by atoms with Crippen LogP contribution in [0.1, 0.15) is 11.1 Å². The average molecular weight is 213 g/mol. The Morgan fingerprint density at radius 2 is 1.82 bits per heavy atom. The van der Waals surface area contributed by atoms with E-state index in [1.807, 2.05) is 6.07 Å². The van der Waals surface area contributed by atoms with Gasteiger partial charge in [-0.15, -0.1) is 35.6 Å². The third kappa shape index (κ3) is 2.86. The average Bonchev–Trinajstić information content (AvgIpc) is 2.04. The van der Waals surface area contributed by atoms with Gasteiger partial charge in [0.1, 0.15) is 0 Å². The maximum Gasteiger partial charge on any atom is 0.0492 e. The van der Waals surface area contributed by atoms with E-state index >= 15 is 0 Å². The highest BCUT2D eigenvalue weighted by atomic mass is 35.5. The van der Waals surface area contributed by atoms with Crippen LogP contribution in [-0.4, -0.2) is 4.98 Å². The van der Waals surface area contributed by atoms with E-state index in [-0.39, 0.29) is 12.4 Å². The van der Waals surface area contributed by atoms with E-state index in [4.69, 9.17) is 23.2 Å². The number of rotatable bonds is 2. The fraction of sp³-hybridized carbons (Fsp3) is 0.286. The molecular weight excluding hydrogens is 204 g/mol. The molecule has 0 radical (unpaired) electrons. The monoisotopic (exact) mass is 211 g/mol. The summed E-state index contributed by atoms with van der Waals surface area (Å²) in [6, 6.07) is 1.88. The van der Waals surface area contributed by atoms with E-state index in [1.165, 1.54) is 0 Å². The second-order valence-corrected chi connectivity index (χ2v) is 2.45. The van der Waals surface area contributed by atoms with Crippen molar-refractivity contribution in [3.8, 4) is 0 Å². The molecular formula is C7H8Cl3N. The lowest BCUT2D eigenvalue weighted by Crippen LogP contribution is -1.88. The molecule has 1 heterocycles. The van der Waals surface area contributed by atoms with Gasteiger partial charge in [-0.1, -0.05) is 0 Å². The van der Waals surface area contributed by atoms with Crippen LogP contribution in [0, 0.1) is 0 Å². The molecule has 0 aliphatic heterocycles. The van der Waals surface area contributed by atoms with Gasteiger partial charge in [0, 0.05) is 24.2 Å². The molecule has 0 atom stereocenters. The molecule has 0 aliphatic rings. The summed E-state index contributed by atoms with van der Waals surface area (Å²) in [5.74, 6) is 0.987. The normalized spacial score (nSPS) is 8.91. The number of hydrogen-bond donors (Lipinski definition) is 0. The van der Waals surface area contributed by atoms with Gasteiger partial charge in [0.15, 0.2) is 0 Å². The highest BCUT2D eigenvalue weighted by Crippen LogP contribution is 2.11. The van der Waals surface area contributed by atoms with Crippen molar-refractivity contribution in [2.24, 2.45) is 0 Å². The number of hydrogen-bond acceptors (Lipinski definition) is 1. The first kappa shape index (κ1) is 11.0. The second-order valence-electron chi connectivity index (χ2n) is 1.91.